The maximum atomic E-state index is 12.9. The molecular formula is C20H26Cl2FN3O2. The van der Waals surface area contributed by atoms with Gasteiger partial charge in [-0.1, -0.05) is 6.92 Å². The first-order valence-corrected chi connectivity index (χ1v) is 9.00. The van der Waals surface area contributed by atoms with Gasteiger partial charge in [-0.2, -0.15) is 0 Å². The number of benzene rings is 1. The molecule has 154 valence electrons. The summed E-state index contributed by atoms with van der Waals surface area (Å²) in [6.07, 6.45) is 4.33. The molecule has 2 aromatic rings. The van der Waals surface area contributed by atoms with Crippen molar-refractivity contribution in [1.29, 1.82) is 0 Å². The van der Waals surface area contributed by atoms with Crippen molar-refractivity contribution < 1.29 is 13.9 Å². The quantitative estimate of drug-likeness (QED) is 0.690. The van der Waals surface area contributed by atoms with E-state index in [0.29, 0.717) is 35.6 Å². The predicted molar refractivity (Wildman–Crippen MR) is 113 cm³/mol. The number of amides is 1. The van der Waals surface area contributed by atoms with Crippen LogP contribution in [-0.4, -0.2) is 24.0 Å². The lowest BCUT2D eigenvalue weighted by Gasteiger charge is -2.27. The molecule has 1 aromatic carbocycles. The van der Waals surface area contributed by atoms with Crippen LogP contribution in [0, 0.1) is 17.7 Å². The van der Waals surface area contributed by atoms with Crippen molar-refractivity contribution in [3.63, 3.8) is 0 Å². The number of carbonyl (C=O) groups excluding carboxylic acids is 1. The van der Waals surface area contributed by atoms with Crippen molar-refractivity contribution in [3.05, 3.63) is 48.4 Å². The van der Waals surface area contributed by atoms with Crippen molar-refractivity contribution in [2.45, 2.75) is 26.2 Å². The number of nitrogens with one attached hydrogen (secondary N) is 2. The largest absolute Gasteiger partial charge is 0.439 e. The first-order chi connectivity index (χ1) is 12.6. The maximum Gasteiger partial charge on any atom is 0.224 e. The summed E-state index contributed by atoms with van der Waals surface area (Å²) in [7, 11) is 0. The Morgan fingerprint density at radius 1 is 1.21 bits per heavy atom. The smallest absolute Gasteiger partial charge is 0.224 e. The number of hydrogen-bond donors (Lipinski definition) is 2. The van der Waals surface area contributed by atoms with E-state index in [1.807, 2.05) is 0 Å². The Hall–Kier alpha value is -1.89. The molecule has 0 bridgehead atoms. The molecule has 1 unspecified atom stereocenters. The highest BCUT2D eigenvalue weighted by molar-refractivity contribution is 5.90. The van der Waals surface area contributed by atoms with Crippen molar-refractivity contribution in [1.82, 2.24) is 10.3 Å². The van der Waals surface area contributed by atoms with Crippen LogP contribution in [0.1, 0.15) is 26.2 Å². The third-order valence-corrected chi connectivity index (χ3v) is 4.75. The molecule has 28 heavy (non-hydrogen) atoms. The molecule has 1 saturated heterocycles. The van der Waals surface area contributed by atoms with Crippen LogP contribution in [-0.2, 0) is 4.79 Å². The van der Waals surface area contributed by atoms with Gasteiger partial charge in [-0.05, 0) is 68.1 Å². The van der Waals surface area contributed by atoms with Crippen LogP contribution in [0.2, 0.25) is 0 Å². The predicted octanol–water partition coefficient (Wildman–Crippen LogP) is 4.82. The van der Waals surface area contributed by atoms with Gasteiger partial charge in [0.1, 0.15) is 11.6 Å². The number of halogens is 3. The molecule has 3 rings (SSSR count). The monoisotopic (exact) mass is 429 g/mol. The lowest BCUT2D eigenvalue weighted by atomic mass is 9.84. The third-order valence-electron chi connectivity index (χ3n) is 4.75. The van der Waals surface area contributed by atoms with Crippen LogP contribution >= 0.6 is 24.8 Å². The Morgan fingerprint density at radius 2 is 1.89 bits per heavy atom. The number of ether oxygens (including phenoxy) is 1. The number of carbonyl (C=O) groups is 1. The standard InChI is InChI=1S/C20H24FN3O2.2ClH/c1-14(15-8-10-22-11-9-15)12-19(25)24-17-4-7-20(23-13-17)26-18-5-2-16(21)3-6-18;;/h2-7,13-15,22H,8-12H2,1H3,(H,24,25);2*1H. The number of rotatable bonds is 6. The van der Waals surface area contributed by atoms with Gasteiger partial charge in [0.2, 0.25) is 11.8 Å². The van der Waals surface area contributed by atoms with Crippen molar-refractivity contribution in [2.24, 2.45) is 11.8 Å². The number of aromatic nitrogens is 1. The highest BCUT2D eigenvalue weighted by Crippen LogP contribution is 2.25. The average molecular weight is 430 g/mol. The minimum absolute atomic E-state index is 0. The fourth-order valence-electron chi connectivity index (χ4n) is 3.22. The summed E-state index contributed by atoms with van der Waals surface area (Å²) in [5.41, 5.74) is 0.638. The number of hydrogen-bond acceptors (Lipinski definition) is 4. The first kappa shape index (κ1) is 24.1. The number of pyridine rings is 1. The van der Waals surface area contributed by atoms with Gasteiger partial charge in [-0.15, -0.1) is 24.8 Å². The Kier molecular flexibility index (Phi) is 10.2. The molecular weight excluding hydrogens is 404 g/mol. The molecule has 2 N–H and O–H groups in total. The van der Waals surface area contributed by atoms with Gasteiger partial charge >= 0.3 is 0 Å². The van der Waals surface area contributed by atoms with E-state index in [4.69, 9.17) is 4.74 Å². The van der Waals surface area contributed by atoms with Crippen LogP contribution in [0.25, 0.3) is 0 Å². The van der Waals surface area contributed by atoms with E-state index in [-0.39, 0.29) is 36.5 Å². The summed E-state index contributed by atoms with van der Waals surface area (Å²) in [4.78, 5) is 16.4. The van der Waals surface area contributed by atoms with Crippen molar-refractivity contribution in [2.75, 3.05) is 18.4 Å². The van der Waals surface area contributed by atoms with Crippen LogP contribution in [0.5, 0.6) is 11.6 Å². The number of nitrogens with zero attached hydrogens (tertiary/aromatic N) is 1. The molecule has 0 aliphatic carbocycles. The fourth-order valence-corrected chi connectivity index (χ4v) is 3.22. The van der Waals surface area contributed by atoms with Crippen molar-refractivity contribution in [3.8, 4) is 11.6 Å². The Bertz CT molecular complexity index is 723. The summed E-state index contributed by atoms with van der Waals surface area (Å²) in [6, 6.07) is 9.15. The van der Waals surface area contributed by atoms with E-state index in [0.717, 1.165) is 25.9 Å². The lowest BCUT2D eigenvalue weighted by molar-refractivity contribution is -0.117. The SMILES string of the molecule is CC(CC(=O)Nc1ccc(Oc2ccc(F)cc2)nc1)C1CCNCC1.Cl.Cl. The molecule has 1 aliphatic heterocycles. The van der Waals surface area contributed by atoms with Crippen LogP contribution in [0.4, 0.5) is 10.1 Å². The van der Waals surface area contributed by atoms with Gasteiger partial charge in [0.15, 0.2) is 0 Å². The normalized spacial score (nSPS) is 14.9. The summed E-state index contributed by atoms with van der Waals surface area (Å²) in [5.74, 6) is 1.55. The van der Waals surface area contributed by atoms with E-state index in [1.165, 1.54) is 24.3 Å². The topological polar surface area (TPSA) is 63.2 Å². The summed E-state index contributed by atoms with van der Waals surface area (Å²) in [6.45, 7) is 4.22. The zero-order valence-corrected chi connectivity index (χ0v) is 17.3. The Labute approximate surface area is 177 Å². The molecule has 2 heterocycles. The highest BCUT2D eigenvalue weighted by atomic mass is 35.5. The second kappa shape index (κ2) is 11.8. The van der Waals surface area contributed by atoms with E-state index >= 15 is 0 Å². The van der Waals surface area contributed by atoms with Gasteiger partial charge in [0, 0.05) is 12.5 Å². The van der Waals surface area contributed by atoms with Crippen LogP contribution in [0.15, 0.2) is 42.6 Å². The lowest BCUT2D eigenvalue weighted by Crippen LogP contribution is -2.32. The summed E-state index contributed by atoms with van der Waals surface area (Å²) < 4.78 is 18.4. The molecule has 0 spiro atoms. The van der Waals surface area contributed by atoms with Gasteiger partial charge in [-0.3, -0.25) is 4.79 Å². The Balaban J connectivity index is 0.00000196. The van der Waals surface area contributed by atoms with E-state index in [1.54, 1.807) is 18.3 Å². The molecule has 0 saturated carbocycles. The fraction of sp³-hybridized carbons (Fsp3) is 0.400. The molecule has 5 nitrogen and oxygen atoms in total. The zero-order chi connectivity index (χ0) is 18.4. The summed E-state index contributed by atoms with van der Waals surface area (Å²) >= 11 is 0. The molecule has 8 heteroatoms. The van der Waals surface area contributed by atoms with E-state index in [9.17, 15) is 9.18 Å². The van der Waals surface area contributed by atoms with Gasteiger partial charge in [-0.25, -0.2) is 9.37 Å². The molecule has 1 fully saturated rings. The average Bonchev–Trinajstić information content (AvgIpc) is 2.66. The molecule has 1 aromatic heterocycles. The number of piperidine rings is 1. The van der Waals surface area contributed by atoms with Crippen LogP contribution < -0.4 is 15.4 Å². The third kappa shape index (κ3) is 7.26. The summed E-state index contributed by atoms with van der Waals surface area (Å²) in [5, 5.41) is 6.24. The van der Waals surface area contributed by atoms with Gasteiger partial charge in [0.25, 0.3) is 0 Å². The zero-order valence-electron chi connectivity index (χ0n) is 15.7. The van der Waals surface area contributed by atoms with Crippen LogP contribution in [0.3, 0.4) is 0 Å². The van der Waals surface area contributed by atoms with Gasteiger partial charge in [0.05, 0.1) is 11.9 Å². The molecule has 0 radical (unpaired) electrons. The van der Waals surface area contributed by atoms with Crippen molar-refractivity contribution >= 4 is 36.4 Å². The first-order valence-electron chi connectivity index (χ1n) is 9.00. The highest BCUT2D eigenvalue weighted by Gasteiger charge is 2.22. The van der Waals surface area contributed by atoms with Gasteiger partial charge < -0.3 is 15.4 Å². The number of anilines is 1. The Morgan fingerprint density at radius 3 is 2.50 bits per heavy atom. The second-order valence-corrected chi connectivity index (χ2v) is 6.76. The molecule has 1 amide bonds. The van der Waals surface area contributed by atoms with E-state index in [2.05, 4.69) is 22.5 Å². The minimum Gasteiger partial charge on any atom is -0.439 e. The minimum atomic E-state index is -0.318. The maximum absolute atomic E-state index is 12.9. The molecule has 1 aliphatic rings. The van der Waals surface area contributed by atoms with E-state index < -0.39 is 0 Å². The second-order valence-electron chi connectivity index (χ2n) is 6.76. The molecule has 1 atom stereocenters.